The van der Waals surface area contributed by atoms with Crippen LogP contribution < -0.4 is 9.47 Å². The number of hydrogen-bond acceptors (Lipinski definition) is 5. The molecule has 3 rings (SSSR count). The average Bonchev–Trinajstić information content (AvgIpc) is 2.75. The number of amides is 1. The van der Waals surface area contributed by atoms with Gasteiger partial charge in [0, 0.05) is 17.5 Å². The summed E-state index contributed by atoms with van der Waals surface area (Å²) in [6.07, 6.45) is 0. The van der Waals surface area contributed by atoms with Crippen LogP contribution in [0.15, 0.2) is 48.5 Å². The second-order valence-electron chi connectivity index (χ2n) is 6.12. The van der Waals surface area contributed by atoms with E-state index in [0.717, 1.165) is 10.9 Å². The number of rotatable bonds is 6. The molecule has 0 aliphatic heterocycles. The fraction of sp³-hybridized carbons (Fsp3) is 0.227. The lowest BCUT2D eigenvalue weighted by Crippen LogP contribution is -2.31. The molecule has 0 unspecified atom stereocenters. The third-order valence-corrected chi connectivity index (χ3v) is 4.56. The van der Waals surface area contributed by atoms with Gasteiger partial charge in [-0.05, 0) is 37.3 Å². The van der Waals surface area contributed by atoms with Gasteiger partial charge in [-0.2, -0.15) is 5.26 Å². The summed E-state index contributed by atoms with van der Waals surface area (Å²) in [4.78, 5) is 19.3. The minimum atomic E-state index is -0.190. The van der Waals surface area contributed by atoms with Crippen LogP contribution in [-0.2, 0) is 0 Å². The zero-order valence-corrected chi connectivity index (χ0v) is 16.1. The molecule has 0 aliphatic rings. The van der Waals surface area contributed by atoms with Crippen LogP contribution in [0.4, 0.5) is 0 Å². The molecule has 0 atom stereocenters. The lowest BCUT2D eigenvalue weighted by atomic mass is 10.0. The molecular formula is C22H21N3O3. The van der Waals surface area contributed by atoms with E-state index in [2.05, 4.69) is 6.07 Å². The van der Waals surface area contributed by atoms with Crippen molar-refractivity contribution >= 4 is 16.8 Å². The molecule has 6 nitrogen and oxygen atoms in total. The van der Waals surface area contributed by atoms with Crippen molar-refractivity contribution in [2.45, 2.75) is 6.92 Å². The van der Waals surface area contributed by atoms with Crippen molar-refractivity contribution in [2.24, 2.45) is 0 Å². The molecule has 6 heteroatoms. The minimum absolute atomic E-state index is 0.0394. The molecule has 1 heterocycles. The molecule has 3 aromatic rings. The van der Waals surface area contributed by atoms with Crippen molar-refractivity contribution < 1.29 is 14.3 Å². The first-order valence-corrected chi connectivity index (χ1v) is 8.91. The van der Waals surface area contributed by atoms with Gasteiger partial charge in [-0.1, -0.05) is 18.2 Å². The number of aromatic nitrogens is 1. The van der Waals surface area contributed by atoms with E-state index >= 15 is 0 Å². The van der Waals surface area contributed by atoms with Crippen LogP contribution >= 0.6 is 0 Å². The number of carbonyl (C=O) groups excluding carboxylic acids is 1. The molecule has 0 saturated heterocycles. The van der Waals surface area contributed by atoms with Crippen LogP contribution in [-0.4, -0.2) is 43.1 Å². The van der Waals surface area contributed by atoms with Gasteiger partial charge in [-0.25, -0.2) is 4.98 Å². The number of pyridine rings is 1. The zero-order chi connectivity index (χ0) is 20.1. The summed E-state index contributed by atoms with van der Waals surface area (Å²) in [6, 6.07) is 16.8. The monoisotopic (exact) mass is 375 g/mol. The number of para-hydroxylation sites is 1. The molecule has 1 amide bonds. The van der Waals surface area contributed by atoms with E-state index in [1.165, 1.54) is 4.90 Å². The van der Waals surface area contributed by atoms with E-state index in [1.54, 1.807) is 26.4 Å². The molecule has 0 fully saturated rings. The van der Waals surface area contributed by atoms with Crippen LogP contribution in [0.3, 0.4) is 0 Å². The number of benzene rings is 2. The largest absolute Gasteiger partial charge is 0.493 e. The Balaban J connectivity index is 2.18. The molecule has 0 saturated carbocycles. The first-order valence-electron chi connectivity index (χ1n) is 8.91. The summed E-state index contributed by atoms with van der Waals surface area (Å²) >= 11 is 0. The zero-order valence-electron chi connectivity index (χ0n) is 16.1. The van der Waals surface area contributed by atoms with Gasteiger partial charge < -0.3 is 14.4 Å². The Morgan fingerprint density at radius 1 is 1.11 bits per heavy atom. The van der Waals surface area contributed by atoms with Gasteiger partial charge in [0.1, 0.15) is 6.54 Å². The summed E-state index contributed by atoms with van der Waals surface area (Å²) < 4.78 is 10.7. The number of carbonyl (C=O) groups is 1. The molecular weight excluding hydrogens is 354 g/mol. The second-order valence-corrected chi connectivity index (χ2v) is 6.12. The molecule has 0 radical (unpaired) electrons. The maximum atomic E-state index is 13.1. The van der Waals surface area contributed by atoms with E-state index in [-0.39, 0.29) is 12.5 Å². The third-order valence-electron chi connectivity index (χ3n) is 4.56. The van der Waals surface area contributed by atoms with Crippen molar-refractivity contribution in [3.8, 4) is 28.8 Å². The topological polar surface area (TPSA) is 75.5 Å². The lowest BCUT2D eigenvalue weighted by molar-refractivity contribution is 0.0786. The molecule has 142 valence electrons. The summed E-state index contributed by atoms with van der Waals surface area (Å²) in [6.45, 7) is 2.35. The molecule has 1 aromatic heterocycles. The van der Waals surface area contributed by atoms with Crippen molar-refractivity contribution in [2.75, 3.05) is 27.3 Å². The van der Waals surface area contributed by atoms with E-state index in [0.29, 0.717) is 34.8 Å². The highest BCUT2D eigenvalue weighted by atomic mass is 16.5. The number of fused-ring (bicyclic) bond motifs is 1. The van der Waals surface area contributed by atoms with Crippen LogP contribution in [0.25, 0.3) is 22.2 Å². The first-order chi connectivity index (χ1) is 13.6. The Kier molecular flexibility index (Phi) is 5.75. The van der Waals surface area contributed by atoms with Gasteiger partial charge >= 0.3 is 0 Å². The van der Waals surface area contributed by atoms with Crippen LogP contribution in [0.1, 0.15) is 17.3 Å². The lowest BCUT2D eigenvalue weighted by Gasteiger charge is -2.19. The van der Waals surface area contributed by atoms with E-state index in [4.69, 9.17) is 19.7 Å². The van der Waals surface area contributed by atoms with Crippen molar-refractivity contribution in [1.29, 1.82) is 5.26 Å². The van der Waals surface area contributed by atoms with Crippen LogP contribution in [0, 0.1) is 11.3 Å². The van der Waals surface area contributed by atoms with Gasteiger partial charge in [0.25, 0.3) is 5.91 Å². The van der Waals surface area contributed by atoms with Crippen molar-refractivity contribution in [3.05, 3.63) is 54.1 Å². The number of hydrogen-bond donors (Lipinski definition) is 0. The Morgan fingerprint density at radius 2 is 1.86 bits per heavy atom. The molecule has 0 spiro atoms. The van der Waals surface area contributed by atoms with Crippen molar-refractivity contribution in [3.63, 3.8) is 0 Å². The van der Waals surface area contributed by atoms with E-state index < -0.39 is 0 Å². The van der Waals surface area contributed by atoms with E-state index in [1.807, 2.05) is 43.3 Å². The van der Waals surface area contributed by atoms with E-state index in [9.17, 15) is 4.79 Å². The number of ether oxygens (including phenoxy) is 2. The summed E-state index contributed by atoms with van der Waals surface area (Å²) in [5.74, 6) is 1.02. The van der Waals surface area contributed by atoms with Crippen LogP contribution in [0.2, 0.25) is 0 Å². The fourth-order valence-corrected chi connectivity index (χ4v) is 3.08. The second kappa shape index (κ2) is 8.40. The highest BCUT2D eigenvalue weighted by Crippen LogP contribution is 2.33. The normalized spacial score (nSPS) is 10.4. The Bertz CT molecular complexity index is 1060. The molecule has 0 N–H and O–H groups in total. The molecule has 0 bridgehead atoms. The fourth-order valence-electron chi connectivity index (χ4n) is 3.08. The van der Waals surface area contributed by atoms with Gasteiger partial charge in [-0.15, -0.1) is 0 Å². The van der Waals surface area contributed by atoms with Gasteiger partial charge in [0.2, 0.25) is 0 Å². The predicted octanol–water partition coefficient (Wildman–Crippen LogP) is 3.90. The number of methoxy groups -OCH3 is 2. The maximum Gasteiger partial charge on any atom is 0.255 e. The first kappa shape index (κ1) is 19.2. The van der Waals surface area contributed by atoms with Gasteiger partial charge in [0.05, 0.1) is 37.1 Å². The van der Waals surface area contributed by atoms with Gasteiger partial charge in [-0.3, -0.25) is 4.79 Å². The number of nitriles is 1. The Labute approximate surface area is 163 Å². The summed E-state index contributed by atoms with van der Waals surface area (Å²) in [5, 5.41) is 9.79. The highest BCUT2D eigenvalue weighted by Gasteiger charge is 2.19. The highest BCUT2D eigenvalue weighted by molar-refractivity contribution is 6.07. The predicted molar refractivity (Wildman–Crippen MR) is 107 cm³/mol. The smallest absolute Gasteiger partial charge is 0.255 e. The number of nitrogens with zero attached hydrogens (tertiary/aromatic N) is 3. The Hall–Kier alpha value is -3.59. The SMILES string of the molecule is CCN(CC#N)C(=O)c1cc(-c2ccc(OC)c(OC)c2)nc2ccccc12. The Morgan fingerprint density at radius 3 is 2.54 bits per heavy atom. The molecule has 28 heavy (non-hydrogen) atoms. The average molecular weight is 375 g/mol. The van der Waals surface area contributed by atoms with Crippen molar-refractivity contribution in [1.82, 2.24) is 9.88 Å². The third kappa shape index (κ3) is 3.60. The standard InChI is InChI=1S/C22H21N3O3/c1-4-25(12-11-23)22(26)17-14-19(24-18-8-6-5-7-16(17)18)15-9-10-20(27-2)21(13-15)28-3/h5-10,13-14H,4,12H2,1-3H3. The van der Waals surface area contributed by atoms with Gasteiger partial charge in [0.15, 0.2) is 11.5 Å². The maximum absolute atomic E-state index is 13.1. The quantitative estimate of drug-likeness (QED) is 0.611. The molecule has 0 aliphatic carbocycles. The molecule has 2 aromatic carbocycles. The summed E-state index contributed by atoms with van der Waals surface area (Å²) in [5.41, 5.74) is 2.69. The van der Waals surface area contributed by atoms with Crippen LogP contribution in [0.5, 0.6) is 11.5 Å². The minimum Gasteiger partial charge on any atom is -0.493 e. The summed E-state index contributed by atoms with van der Waals surface area (Å²) in [7, 11) is 3.16.